The topological polar surface area (TPSA) is 21.3 Å². The van der Waals surface area contributed by atoms with Crippen LogP contribution in [-0.4, -0.2) is 13.7 Å². The van der Waals surface area contributed by atoms with Gasteiger partial charge in [-0.15, -0.1) is 0 Å². The molecule has 1 unspecified atom stereocenters. The largest absolute Gasteiger partial charge is 0.494 e. The van der Waals surface area contributed by atoms with E-state index in [2.05, 4.69) is 29.6 Å². The van der Waals surface area contributed by atoms with E-state index < -0.39 is 0 Å². The standard InChI is InChI=1S/C17H18FNO/c1-20-16-8-4-6-12(17(16)18)9-14-11-19-10-13-5-2-3-7-15(13)14/h2-8,14,19H,9-11H2,1H3. The van der Waals surface area contributed by atoms with Gasteiger partial charge >= 0.3 is 0 Å². The average molecular weight is 271 g/mol. The van der Waals surface area contributed by atoms with Crippen LogP contribution in [0, 0.1) is 5.82 Å². The second kappa shape index (κ2) is 5.63. The Kier molecular flexibility index (Phi) is 3.70. The molecule has 0 amide bonds. The van der Waals surface area contributed by atoms with Crippen molar-refractivity contribution in [3.8, 4) is 5.75 Å². The van der Waals surface area contributed by atoms with E-state index in [1.807, 2.05) is 12.1 Å². The third-order valence-corrected chi connectivity index (χ3v) is 3.93. The average Bonchev–Trinajstić information content (AvgIpc) is 2.50. The van der Waals surface area contributed by atoms with Crippen molar-refractivity contribution in [2.24, 2.45) is 0 Å². The smallest absolute Gasteiger partial charge is 0.168 e. The number of methoxy groups -OCH3 is 1. The fraction of sp³-hybridized carbons (Fsp3) is 0.294. The van der Waals surface area contributed by atoms with Gasteiger partial charge in [-0.2, -0.15) is 0 Å². The molecule has 0 saturated heterocycles. The third-order valence-electron chi connectivity index (χ3n) is 3.93. The van der Waals surface area contributed by atoms with E-state index in [9.17, 15) is 4.39 Å². The SMILES string of the molecule is COc1cccc(CC2CNCc3ccccc32)c1F. The van der Waals surface area contributed by atoms with E-state index >= 15 is 0 Å². The lowest BCUT2D eigenvalue weighted by atomic mass is 9.86. The summed E-state index contributed by atoms with van der Waals surface area (Å²) in [6, 6.07) is 13.7. The van der Waals surface area contributed by atoms with Gasteiger partial charge in [-0.3, -0.25) is 0 Å². The van der Waals surface area contributed by atoms with Gasteiger partial charge in [-0.05, 0) is 29.2 Å². The summed E-state index contributed by atoms with van der Waals surface area (Å²) in [4.78, 5) is 0. The molecule has 0 radical (unpaired) electrons. The maximum absolute atomic E-state index is 14.3. The summed E-state index contributed by atoms with van der Waals surface area (Å²) in [6.07, 6.45) is 0.688. The normalized spacial score (nSPS) is 17.6. The lowest BCUT2D eigenvalue weighted by Gasteiger charge is -2.26. The molecule has 3 heteroatoms. The Labute approximate surface area is 118 Å². The van der Waals surface area contributed by atoms with Crippen LogP contribution in [0.4, 0.5) is 4.39 Å². The van der Waals surface area contributed by atoms with E-state index in [4.69, 9.17) is 4.74 Å². The van der Waals surface area contributed by atoms with Crippen LogP contribution in [0.2, 0.25) is 0 Å². The number of halogens is 1. The van der Waals surface area contributed by atoms with Crippen LogP contribution in [0.5, 0.6) is 5.75 Å². The van der Waals surface area contributed by atoms with Gasteiger partial charge in [0.15, 0.2) is 11.6 Å². The number of rotatable bonds is 3. The van der Waals surface area contributed by atoms with Crippen LogP contribution >= 0.6 is 0 Å². The Morgan fingerprint density at radius 1 is 1.20 bits per heavy atom. The molecular weight excluding hydrogens is 253 g/mol. The third kappa shape index (κ3) is 2.41. The summed E-state index contributed by atoms with van der Waals surface area (Å²) in [7, 11) is 1.50. The van der Waals surface area contributed by atoms with Crippen molar-refractivity contribution >= 4 is 0 Å². The fourth-order valence-electron chi connectivity index (χ4n) is 2.90. The Hall–Kier alpha value is -1.87. The molecule has 2 aromatic rings. The van der Waals surface area contributed by atoms with Gasteiger partial charge in [0.2, 0.25) is 0 Å². The van der Waals surface area contributed by atoms with Crippen molar-refractivity contribution in [3.63, 3.8) is 0 Å². The maximum Gasteiger partial charge on any atom is 0.168 e. The first-order valence-electron chi connectivity index (χ1n) is 6.89. The molecule has 1 atom stereocenters. The summed E-state index contributed by atoms with van der Waals surface area (Å²) >= 11 is 0. The van der Waals surface area contributed by atoms with Crippen LogP contribution in [0.25, 0.3) is 0 Å². The van der Waals surface area contributed by atoms with E-state index in [-0.39, 0.29) is 5.82 Å². The van der Waals surface area contributed by atoms with E-state index in [1.165, 1.54) is 18.2 Å². The number of nitrogens with one attached hydrogen (secondary N) is 1. The lowest BCUT2D eigenvalue weighted by Crippen LogP contribution is -2.29. The van der Waals surface area contributed by atoms with Gasteiger partial charge in [0.1, 0.15) is 0 Å². The zero-order chi connectivity index (χ0) is 13.9. The number of hydrogen-bond donors (Lipinski definition) is 1. The Morgan fingerprint density at radius 3 is 2.90 bits per heavy atom. The first kappa shape index (κ1) is 13.1. The molecular formula is C17H18FNO. The Balaban J connectivity index is 1.90. The highest BCUT2D eigenvalue weighted by atomic mass is 19.1. The first-order valence-corrected chi connectivity index (χ1v) is 6.89. The highest BCUT2D eigenvalue weighted by Gasteiger charge is 2.21. The van der Waals surface area contributed by atoms with Crippen molar-refractivity contribution in [2.75, 3.05) is 13.7 Å². The van der Waals surface area contributed by atoms with Crippen LogP contribution in [0.3, 0.4) is 0 Å². The van der Waals surface area contributed by atoms with E-state index in [0.717, 1.165) is 13.1 Å². The van der Waals surface area contributed by atoms with Crippen molar-refractivity contribution in [1.29, 1.82) is 0 Å². The summed E-state index contributed by atoms with van der Waals surface area (Å²) in [6.45, 7) is 1.78. The first-order chi connectivity index (χ1) is 9.79. The number of hydrogen-bond acceptors (Lipinski definition) is 2. The van der Waals surface area contributed by atoms with Gasteiger partial charge < -0.3 is 10.1 Å². The molecule has 3 rings (SSSR count). The predicted octanol–water partition coefficient (Wildman–Crippen LogP) is 3.26. The number of fused-ring (bicyclic) bond motifs is 1. The molecule has 0 saturated carbocycles. The van der Waals surface area contributed by atoms with Crippen molar-refractivity contribution in [2.45, 2.75) is 18.9 Å². The second-order valence-electron chi connectivity index (χ2n) is 5.16. The number of ether oxygens (including phenoxy) is 1. The number of benzene rings is 2. The maximum atomic E-state index is 14.3. The molecule has 20 heavy (non-hydrogen) atoms. The van der Waals surface area contributed by atoms with Crippen LogP contribution in [-0.2, 0) is 13.0 Å². The monoisotopic (exact) mass is 271 g/mol. The van der Waals surface area contributed by atoms with Crippen molar-refractivity contribution in [3.05, 3.63) is 65.0 Å². The molecule has 1 aliphatic heterocycles. The van der Waals surface area contributed by atoms with Crippen molar-refractivity contribution < 1.29 is 9.13 Å². The highest BCUT2D eigenvalue weighted by Crippen LogP contribution is 2.29. The van der Waals surface area contributed by atoms with Gasteiger partial charge in [0, 0.05) is 19.0 Å². The summed E-state index contributed by atoms with van der Waals surface area (Å²) in [5.41, 5.74) is 3.35. The predicted molar refractivity (Wildman–Crippen MR) is 77.5 cm³/mol. The molecule has 0 spiro atoms. The van der Waals surface area contributed by atoms with Gasteiger partial charge in [-0.1, -0.05) is 36.4 Å². The summed E-state index contributed by atoms with van der Waals surface area (Å²) in [5.74, 6) is 0.388. The van der Waals surface area contributed by atoms with Crippen molar-refractivity contribution in [1.82, 2.24) is 5.32 Å². The molecule has 104 valence electrons. The molecule has 0 fully saturated rings. The Bertz CT molecular complexity index is 612. The van der Waals surface area contributed by atoms with E-state index in [0.29, 0.717) is 23.7 Å². The quantitative estimate of drug-likeness (QED) is 0.925. The molecule has 0 bridgehead atoms. The minimum atomic E-state index is -0.238. The van der Waals surface area contributed by atoms with Gasteiger partial charge in [-0.25, -0.2) is 4.39 Å². The summed E-state index contributed by atoms with van der Waals surface area (Å²) < 4.78 is 19.3. The Morgan fingerprint density at radius 2 is 2.05 bits per heavy atom. The molecule has 0 aromatic heterocycles. The lowest BCUT2D eigenvalue weighted by molar-refractivity contribution is 0.383. The molecule has 0 aliphatic carbocycles. The molecule has 1 heterocycles. The molecule has 2 nitrogen and oxygen atoms in total. The minimum Gasteiger partial charge on any atom is -0.494 e. The zero-order valence-corrected chi connectivity index (χ0v) is 11.5. The fourth-order valence-corrected chi connectivity index (χ4v) is 2.90. The van der Waals surface area contributed by atoms with Crippen LogP contribution in [0.15, 0.2) is 42.5 Å². The van der Waals surface area contributed by atoms with Crippen LogP contribution < -0.4 is 10.1 Å². The van der Waals surface area contributed by atoms with E-state index in [1.54, 1.807) is 6.07 Å². The second-order valence-corrected chi connectivity index (χ2v) is 5.16. The molecule has 1 aliphatic rings. The molecule has 1 N–H and O–H groups in total. The summed E-state index contributed by atoms with van der Waals surface area (Å²) in [5, 5.41) is 3.41. The molecule has 2 aromatic carbocycles. The van der Waals surface area contributed by atoms with Gasteiger partial charge in [0.25, 0.3) is 0 Å². The highest BCUT2D eigenvalue weighted by molar-refractivity contribution is 5.36. The minimum absolute atomic E-state index is 0.238. The van der Waals surface area contributed by atoms with Crippen LogP contribution in [0.1, 0.15) is 22.6 Å². The zero-order valence-electron chi connectivity index (χ0n) is 11.5. The van der Waals surface area contributed by atoms with Gasteiger partial charge in [0.05, 0.1) is 7.11 Å².